The van der Waals surface area contributed by atoms with Gasteiger partial charge in [-0.25, -0.2) is 0 Å². The Hall–Kier alpha value is -2.58. The van der Waals surface area contributed by atoms with Crippen LogP contribution in [0.1, 0.15) is 11.6 Å². The van der Waals surface area contributed by atoms with Gasteiger partial charge in [-0.3, -0.25) is 15.1 Å². The number of rotatable bonds is 6. The van der Waals surface area contributed by atoms with E-state index in [2.05, 4.69) is 20.5 Å². The number of nitro groups is 1. The minimum atomic E-state index is -0.435. The summed E-state index contributed by atoms with van der Waals surface area (Å²) in [6, 6.07) is 10.2. The van der Waals surface area contributed by atoms with E-state index in [4.69, 9.17) is 12.2 Å². The first-order valence-electron chi connectivity index (χ1n) is 7.33. The van der Waals surface area contributed by atoms with Gasteiger partial charge >= 0.3 is 0 Å². The maximum atomic E-state index is 10.6. The molecule has 0 aliphatic rings. The number of nitrogens with zero attached hydrogens (tertiary/aromatic N) is 3. The average Bonchev–Trinajstić information content (AvgIpc) is 2.56. The second kappa shape index (κ2) is 8.32. The van der Waals surface area contributed by atoms with Crippen LogP contribution in [0.15, 0.2) is 48.8 Å². The molecule has 0 aliphatic heterocycles. The molecular formula is C16H19N5O2S. The molecule has 0 spiro atoms. The van der Waals surface area contributed by atoms with Crippen LogP contribution in [0.4, 0.5) is 11.4 Å². The fourth-order valence-electron chi connectivity index (χ4n) is 2.20. The second-order valence-corrected chi connectivity index (χ2v) is 5.81. The van der Waals surface area contributed by atoms with Crippen LogP contribution in [0.2, 0.25) is 0 Å². The van der Waals surface area contributed by atoms with Gasteiger partial charge in [0.15, 0.2) is 5.11 Å². The number of hydrogen-bond acceptors (Lipinski definition) is 5. The zero-order chi connectivity index (χ0) is 17.5. The molecule has 0 bridgehead atoms. The van der Waals surface area contributed by atoms with E-state index < -0.39 is 4.92 Å². The maximum Gasteiger partial charge on any atom is 0.269 e. The highest BCUT2D eigenvalue weighted by Gasteiger charge is 2.14. The summed E-state index contributed by atoms with van der Waals surface area (Å²) in [5, 5.41) is 17.3. The molecule has 7 nitrogen and oxygen atoms in total. The Morgan fingerprint density at radius 1 is 1.33 bits per heavy atom. The van der Waals surface area contributed by atoms with Gasteiger partial charge < -0.3 is 15.5 Å². The Labute approximate surface area is 145 Å². The van der Waals surface area contributed by atoms with E-state index in [0.29, 0.717) is 17.3 Å². The molecule has 1 aromatic heterocycles. The topological polar surface area (TPSA) is 83.3 Å². The van der Waals surface area contributed by atoms with Gasteiger partial charge in [0.25, 0.3) is 5.69 Å². The van der Waals surface area contributed by atoms with E-state index in [1.165, 1.54) is 12.1 Å². The van der Waals surface area contributed by atoms with Gasteiger partial charge in [-0.2, -0.15) is 0 Å². The summed E-state index contributed by atoms with van der Waals surface area (Å²) in [6.45, 7) is 0.609. The van der Waals surface area contributed by atoms with Crippen LogP contribution in [-0.4, -0.2) is 40.6 Å². The zero-order valence-electron chi connectivity index (χ0n) is 13.5. The summed E-state index contributed by atoms with van der Waals surface area (Å²) in [4.78, 5) is 16.4. The van der Waals surface area contributed by atoms with Gasteiger partial charge in [0, 0.05) is 36.8 Å². The highest BCUT2D eigenvalue weighted by molar-refractivity contribution is 7.80. The van der Waals surface area contributed by atoms with Crippen molar-refractivity contribution in [3.8, 4) is 0 Å². The Morgan fingerprint density at radius 3 is 2.58 bits per heavy atom. The number of nitro benzene ring substituents is 1. The summed E-state index contributed by atoms with van der Waals surface area (Å²) in [7, 11) is 3.98. The Morgan fingerprint density at radius 2 is 2.04 bits per heavy atom. The average molecular weight is 345 g/mol. The molecule has 24 heavy (non-hydrogen) atoms. The SMILES string of the molecule is CN(C)[C@@H](CNC(=S)Nc1ccc([N+](=O)[O-])cc1)c1cccnc1. The molecule has 0 amide bonds. The predicted octanol–water partition coefficient (Wildman–Crippen LogP) is 2.58. The second-order valence-electron chi connectivity index (χ2n) is 5.40. The minimum absolute atomic E-state index is 0.0451. The number of likely N-dealkylation sites (N-methyl/N-ethyl adjacent to an activating group) is 1. The lowest BCUT2D eigenvalue weighted by atomic mass is 10.1. The quantitative estimate of drug-likeness (QED) is 0.473. The lowest BCUT2D eigenvalue weighted by Crippen LogP contribution is -2.36. The number of benzene rings is 1. The van der Waals surface area contributed by atoms with Crippen molar-refractivity contribution in [2.24, 2.45) is 0 Å². The molecule has 126 valence electrons. The maximum absolute atomic E-state index is 10.6. The fourth-order valence-corrected chi connectivity index (χ4v) is 2.40. The van der Waals surface area contributed by atoms with Crippen molar-refractivity contribution in [2.45, 2.75) is 6.04 Å². The van der Waals surface area contributed by atoms with E-state index in [0.717, 1.165) is 5.56 Å². The van der Waals surface area contributed by atoms with Gasteiger partial charge in [0.1, 0.15) is 0 Å². The van der Waals surface area contributed by atoms with Crippen molar-refractivity contribution in [3.63, 3.8) is 0 Å². The van der Waals surface area contributed by atoms with Crippen LogP contribution in [0, 0.1) is 10.1 Å². The molecule has 8 heteroatoms. The third-order valence-electron chi connectivity index (χ3n) is 3.48. The Balaban J connectivity index is 1.92. The first kappa shape index (κ1) is 17.8. The van der Waals surface area contributed by atoms with Crippen molar-refractivity contribution in [3.05, 3.63) is 64.5 Å². The predicted molar refractivity (Wildman–Crippen MR) is 98.0 cm³/mol. The smallest absolute Gasteiger partial charge is 0.269 e. The number of non-ortho nitro benzene ring substituents is 1. The summed E-state index contributed by atoms with van der Waals surface area (Å²) >= 11 is 5.29. The van der Waals surface area contributed by atoms with Gasteiger partial charge in [-0.15, -0.1) is 0 Å². The molecule has 0 saturated heterocycles. The number of hydrogen-bond donors (Lipinski definition) is 2. The standard InChI is InChI=1S/C16H19N5O2S/c1-20(2)15(12-4-3-9-17-10-12)11-18-16(24)19-13-5-7-14(8-6-13)21(22)23/h3-10,15H,11H2,1-2H3,(H2,18,19,24)/t15-/m0/s1. The first-order chi connectivity index (χ1) is 11.5. The zero-order valence-corrected chi connectivity index (χ0v) is 14.3. The van der Waals surface area contributed by atoms with E-state index in [1.54, 1.807) is 18.3 Å². The molecule has 1 aromatic carbocycles. The summed E-state index contributed by atoms with van der Waals surface area (Å²) in [5.41, 5.74) is 1.83. The normalized spacial score (nSPS) is 11.8. The van der Waals surface area contributed by atoms with Crippen LogP contribution < -0.4 is 10.6 Å². The van der Waals surface area contributed by atoms with Crippen molar-refractivity contribution in [2.75, 3.05) is 26.0 Å². The molecule has 2 aromatic rings. The van der Waals surface area contributed by atoms with Crippen LogP contribution >= 0.6 is 12.2 Å². The van der Waals surface area contributed by atoms with Crippen molar-refractivity contribution in [1.29, 1.82) is 0 Å². The fraction of sp³-hybridized carbons (Fsp3) is 0.250. The lowest BCUT2D eigenvalue weighted by molar-refractivity contribution is -0.384. The third kappa shape index (κ3) is 4.97. The van der Waals surface area contributed by atoms with Gasteiger partial charge in [0.2, 0.25) is 0 Å². The lowest BCUT2D eigenvalue weighted by Gasteiger charge is -2.25. The number of pyridine rings is 1. The number of anilines is 1. The number of thiocarbonyl (C=S) groups is 1. The summed E-state index contributed by atoms with van der Waals surface area (Å²) in [6.07, 6.45) is 3.57. The first-order valence-corrected chi connectivity index (χ1v) is 7.74. The molecule has 2 N–H and O–H groups in total. The van der Waals surface area contributed by atoms with Crippen LogP contribution in [0.25, 0.3) is 0 Å². The molecule has 0 unspecified atom stereocenters. The molecule has 0 radical (unpaired) electrons. The monoisotopic (exact) mass is 345 g/mol. The van der Waals surface area contributed by atoms with Crippen molar-refractivity contribution >= 4 is 28.7 Å². The summed E-state index contributed by atoms with van der Waals surface area (Å²) < 4.78 is 0. The van der Waals surface area contributed by atoms with E-state index >= 15 is 0 Å². The van der Waals surface area contributed by atoms with Gasteiger partial charge in [-0.1, -0.05) is 6.07 Å². The molecular weight excluding hydrogens is 326 g/mol. The van der Waals surface area contributed by atoms with Crippen LogP contribution in [-0.2, 0) is 0 Å². The molecule has 1 atom stereocenters. The highest BCUT2D eigenvalue weighted by atomic mass is 32.1. The molecule has 1 heterocycles. The molecule has 0 fully saturated rings. The third-order valence-corrected chi connectivity index (χ3v) is 3.73. The minimum Gasteiger partial charge on any atom is -0.361 e. The molecule has 0 aliphatic carbocycles. The van der Waals surface area contributed by atoms with Crippen LogP contribution in [0.3, 0.4) is 0 Å². The van der Waals surface area contributed by atoms with E-state index in [9.17, 15) is 10.1 Å². The van der Waals surface area contributed by atoms with E-state index in [-0.39, 0.29) is 11.7 Å². The van der Waals surface area contributed by atoms with Crippen molar-refractivity contribution in [1.82, 2.24) is 15.2 Å². The largest absolute Gasteiger partial charge is 0.361 e. The van der Waals surface area contributed by atoms with Gasteiger partial charge in [0.05, 0.1) is 11.0 Å². The number of nitrogens with one attached hydrogen (secondary N) is 2. The number of aromatic nitrogens is 1. The highest BCUT2D eigenvalue weighted by Crippen LogP contribution is 2.17. The molecule has 2 rings (SSSR count). The molecule has 0 saturated carbocycles. The van der Waals surface area contributed by atoms with E-state index in [1.807, 2.05) is 32.4 Å². The Bertz CT molecular complexity index is 691. The van der Waals surface area contributed by atoms with Gasteiger partial charge in [-0.05, 0) is 50.1 Å². The van der Waals surface area contributed by atoms with Crippen LogP contribution in [0.5, 0.6) is 0 Å². The Kier molecular flexibility index (Phi) is 6.16. The van der Waals surface area contributed by atoms with Crippen molar-refractivity contribution < 1.29 is 4.92 Å². The summed E-state index contributed by atoms with van der Waals surface area (Å²) in [5.74, 6) is 0.